The van der Waals surface area contributed by atoms with Gasteiger partial charge < -0.3 is 19.7 Å². The van der Waals surface area contributed by atoms with Crippen molar-refractivity contribution in [1.82, 2.24) is 10.2 Å². The van der Waals surface area contributed by atoms with Gasteiger partial charge in [-0.2, -0.15) is 0 Å². The Labute approximate surface area is 203 Å². The van der Waals surface area contributed by atoms with Crippen LogP contribution in [-0.4, -0.2) is 38.2 Å². The van der Waals surface area contributed by atoms with Crippen LogP contribution in [0.25, 0.3) is 0 Å². The Morgan fingerprint density at radius 3 is 2.37 bits per heavy atom. The minimum atomic E-state index is 0. The molecule has 0 unspecified atom stereocenters. The van der Waals surface area contributed by atoms with Gasteiger partial charge in [-0.3, -0.25) is 0 Å². The molecule has 0 aliphatic rings. The largest absolute Gasteiger partial charge is 0.493 e. The van der Waals surface area contributed by atoms with Crippen molar-refractivity contribution in [2.75, 3.05) is 33.3 Å². The molecule has 0 atom stereocenters. The van der Waals surface area contributed by atoms with E-state index in [1.54, 1.807) is 13.2 Å². The van der Waals surface area contributed by atoms with E-state index in [4.69, 9.17) is 32.7 Å². The van der Waals surface area contributed by atoms with Crippen LogP contribution in [0.2, 0.25) is 10.0 Å². The lowest BCUT2D eigenvalue weighted by atomic mass is 10.1. The molecule has 0 aromatic heterocycles. The first-order chi connectivity index (χ1) is 13.6. The Hall–Kier alpha value is -0.880. The maximum atomic E-state index is 6.26. The molecule has 2 rings (SSSR count). The van der Waals surface area contributed by atoms with E-state index in [2.05, 4.69) is 30.1 Å². The van der Waals surface area contributed by atoms with Crippen LogP contribution in [-0.2, 0) is 13.2 Å². The summed E-state index contributed by atoms with van der Waals surface area (Å²) in [5.41, 5.74) is 1.95. The van der Waals surface area contributed by atoms with Crippen molar-refractivity contribution in [3.05, 3.63) is 57.6 Å². The Morgan fingerprint density at radius 1 is 1.00 bits per heavy atom. The Bertz CT molecular complexity index is 743. The van der Waals surface area contributed by atoms with E-state index in [1.165, 1.54) is 0 Å². The SMILES string of the molecule is CCN(CC)CCCNCc1cccc(OC)c1OCc1ccc(Cl)cc1Cl.Cl.Cl. The fraction of sp³-hybridized carbons (Fsp3) is 0.455. The van der Waals surface area contributed by atoms with Crippen LogP contribution >= 0.6 is 48.0 Å². The predicted octanol–water partition coefficient (Wildman–Crippen LogP) is 6.25. The van der Waals surface area contributed by atoms with Crippen molar-refractivity contribution in [3.63, 3.8) is 0 Å². The Balaban J connectivity index is 0.00000420. The second-order valence-electron chi connectivity index (χ2n) is 6.53. The molecule has 0 spiro atoms. The van der Waals surface area contributed by atoms with Gasteiger partial charge >= 0.3 is 0 Å². The predicted molar refractivity (Wildman–Crippen MR) is 132 cm³/mol. The van der Waals surface area contributed by atoms with Gasteiger partial charge in [0.1, 0.15) is 6.61 Å². The summed E-state index contributed by atoms with van der Waals surface area (Å²) >= 11 is 12.2. The molecule has 0 bridgehead atoms. The van der Waals surface area contributed by atoms with Gasteiger partial charge in [0, 0.05) is 27.7 Å². The van der Waals surface area contributed by atoms with Gasteiger partial charge in [0.2, 0.25) is 0 Å². The summed E-state index contributed by atoms with van der Waals surface area (Å²) in [5, 5.41) is 4.72. The fourth-order valence-electron chi connectivity index (χ4n) is 3.00. The maximum absolute atomic E-state index is 6.26. The van der Waals surface area contributed by atoms with Gasteiger partial charge in [-0.15, -0.1) is 24.8 Å². The first kappa shape index (κ1) is 29.1. The van der Waals surface area contributed by atoms with E-state index in [0.717, 1.165) is 56.0 Å². The molecule has 4 nitrogen and oxygen atoms in total. The van der Waals surface area contributed by atoms with Crippen molar-refractivity contribution >= 4 is 48.0 Å². The van der Waals surface area contributed by atoms with Gasteiger partial charge in [0.25, 0.3) is 0 Å². The monoisotopic (exact) mass is 496 g/mol. The zero-order chi connectivity index (χ0) is 20.4. The van der Waals surface area contributed by atoms with Crippen molar-refractivity contribution in [3.8, 4) is 11.5 Å². The number of rotatable bonds is 12. The first-order valence-electron chi connectivity index (χ1n) is 9.74. The maximum Gasteiger partial charge on any atom is 0.166 e. The molecule has 0 saturated heterocycles. The molecule has 0 aliphatic heterocycles. The van der Waals surface area contributed by atoms with Gasteiger partial charge in [0.15, 0.2) is 11.5 Å². The number of hydrogen-bond donors (Lipinski definition) is 1. The molecule has 170 valence electrons. The fourth-order valence-corrected chi connectivity index (χ4v) is 3.47. The molecule has 0 heterocycles. The topological polar surface area (TPSA) is 33.7 Å². The van der Waals surface area contributed by atoms with Crippen LogP contribution in [0.5, 0.6) is 11.5 Å². The average molecular weight is 498 g/mol. The number of hydrogen-bond acceptors (Lipinski definition) is 4. The zero-order valence-corrected chi connectivity index (χ0v) is 20.9. The van der Waals surface area contributed by atoms with Crippen LogP contribution in [0.1, 0.15) is 31.4 Å². The molecular formula is C22H32Cl4N2O2. The molecule has 2 aromatic rings. The zero-order valence-electron chi connectivity index (χ0n) is 17.7. The van der Waals surface area contributed by atoms with E-state index in [0.29, 0.717) is 22.4 Å². The lowest BCUT2D eigenvalue weighted by Gasteiger charge is -2.18. The third kappa shape index (κ3) is 9.09. The van der Waals surface area contributed by atoms with E-state index in [9.17, 15) is 0 Å². The van der Waals surface area contributed by atoms with Crippen LogP contribution in [0, 0.1) is 0 Å². The molecule has 30 heavy (non-hydrogen) atoms. The molecule has 0 aliphatic carbocycles. The number of benzene rings is 2. The molecule has 0 fully saturated rings. The number of ether oxygens (including phenoxy) is 2. The minimum absolute atomic E-state index is 0. The summed E-state index contributed by atoms with van der Waals surface area (Å²) in [6.07, 6.45) is 1.11. The summed E-state index contributed by atoms with van der Waals surface area (Å²) < 4.78 is 11.6. The first-order valence-corrected chi connectivity index (χ1v) is 10.5. The second-order valence-corrected chi connectivity index (χ2v) is 7.37. The molecule has 0 radical (unpaired) electrons. The minimum Gasteiger partial charge on any atom is -0.493 e. The van der Waals surface area contributed by atoms with Gasteiger partial charge in [-0.05, 0) is 50.8 Å². The van der Waals surface area contributed by atoms with Crippen molar-refractivity contribution in [2.45, 2.75) is 33.4 Å². The Morgan fingerprint density at radius 2 is 1.73 bits per heavy atom. The molecular weight excluding hydrogens is 466 g/mol. The second kappa shape index (κ2) is 15.9. The van der Waals surface area contributed by atoms with E-state index < -0.39 is 0 Å². The highest BCUT2D eigenvalue weighted by Crippen LogP contribution is 2.32. The lowest BCUT2D eigenvalue weighted by molar-refractivity contribution is 0.280. The summed E-state index contributed by atoms with van der Waals surface area (Å²) in [6.45, 7) is 9.72. The lowest BCUT2D eigenvalue weighted by Crippen LogP contribution is -2.27. The highest BCUT2D eigenvalue weighted by atomic mass is 35.5. The van der Waals surface area contributed by atoms with Crippen LogP contribution in [0.15, 0.2) is 36.4 Å². The smallest absolute Gasteiger partial charge is 0.166 e. The molecule has 2 aromatic carbocycles. The number of nitrogens with zero attached hydrogens (tertiary/aromatic N) is 1. The van der Waals surface area contributed by atoms with Gasteiger partial charge in [0.05, 0.1) is 7.11 Å². The van der Waals surface area contributed by atoms with E-state index in [-0.39, 0.29) is 24.8 Å². The third-order valence-electron chi connectivity index (χ3n) is 4.71. The summed E-state index contributed by atoms with van der Waals surface area (Å²) in [4.78, 5) is 2.43. The highest BCUT2D eigenvalue weighted by molar-refractivity contribution is 6.35. The third-order valence-corrected chi connectivity index (χ3v) is 5.29. The summed E-state index contributed by atoms with van der Waals surface area (Å²) in [7, 11) is 1.65. The van der Waals surface area contributed by atoms with Crippen LogP contribution < -0.4 is 14.8 Å². The van der Waals surface area contributed by atoms with Crippen molar-refractivity contribution in [1.29, 1.82) is 0 Å². The van der Waals surface area contributed by atoms with Crippen molar-refractivity contribution in [2.24, 2.45) is 0 Å². The summed E-state index contributed by atoms with van der Waals surface area (Å²) in [6, 6.07) is 11.4. The standard InChI is InChI=1S/C22H30Cl2N2O2.2ClH/c1-4-26(5-2)13-7-12-25-15-17-8-6-9-21(27-3)22(17)28-16-18-10-11-19(23)14-20(18)24;;/h6,8-11,14,25H,4-5,7,12-13,15-16H2,1-3H3;2*1H. The number of para-hydroxylation sites is 1. The average Bonchev–Trinajstić information content (AvgIpc) is 2.70. The number of methoxy groups -OCH3 is 1. The van der Waals surface area contributed by atoms with Crippen LogP contribution in [0.3, 0.4) is 0 Å². The normalized spacial score (nSPS) is 10.3. The molecule has 0 amide bonds. The Kier molecular flexibility index (Phi) is 15.4. The molecule has 1 N–H and O–H groups in total. The molecule has 0 saturated carbocycles. The summed E-state index contributed by atoms with van der Waals surface area (Å²) in [5.74, 6) is 1.46. The molecule has 8 heteroatoms. The van der Waals surface area contributed by atoms with Crippen LogP contribution in [0.4, 0.5) is 0 Å². The number of nitrogens with one attached hydrogen (secondary N) is 1. The van der Waals surface area contributed by atoms with Crippen molar-refractivity contribution < 1.29 is 9.47 Å². The highest BCUT2D eigenvalue weighted by Gasteiger charge is 2.12. The van der Waals surface area contributed by atoms with E-state index >= 15 is 0 Å². The van der Waals surface area contributed by atoms with Gasteiger partial charge in [-0.25, -0.2) is 0 Å². The van der Waals surface area contributed by atoms with Gasteiger partial charge in [-0.1, -0.05) is 55.2 Å². The number of halogens is 4. The quantitative estimate of drug-likeness (QED) is 0.351. The van der Waals surface area contributed by atoms with E-state index in [1.807, 2.05) is 24.3 Å².